The molecule has 4 heteroatoms. The maximum Gasteiger partial charge on any atom is 0.225 e. The molecule has 1 N–H and O–H groups in total. The Bertz CT molecular complexity index is 295. The minimum Gasteiger partial charge on any atom is -0.393 e. The Balaban J connectivity index is 1.93. The van der Waals surface area contributed by atoms with Crippen molar-refractivity contribution in [3.05, 3.63) is 0 Å². The molecule has 19 heavy (non-hydrogen) atoms. The fraction of sp³-hybridized carbons (Fsp3) is 0.933. The van der Waals surface area contributed by atoms with E-state index >= 15 is 0 Å². The maximum atomic E-state index is 12.3. The Kier molecular flexibility index (Phi) is 5.64. The van der Waals surface area contributed by atoms with Crippen molar-refractivity contribution in [1.82, 2.24) is 4.90 Å². The Hall–Kier alpha value is -0.610. The Morgan fingerprint density at radius 2 is 2.11 bits per heavy atom. The second-order valence-electron chi connectivity index (χ2n) is 5.76. The SMILES string of the molecule is CCOCCC(=O)N1CCCCC1C1CCCC1O. The van der Waals surface area contributed by atoms with Gasteiger partial charge in [-0.05, 0) is 39.0 Å². The Labute approximate surface area is 116 Å². The van der Waals surface area contributed by atoms with Crippen molar-refractivity contribution in [2.24, 2.45) is 5.92 Å². The zero-order chi connectivity index (χ0) is 13.7. The molecule has 1 saturated carbocycles. The predicted octanol–water partition coefficient (Wildman–Crippen LogP) is 1.96. The lowest BCUT2D eigenvalue weighted by Gasteiger charge is -2.40. The summed E-state index contributed by atoms with van der Waals surface area (Å²) in [7, 11) is 0. The van der Waals surface area contributed by atoms with Gasteiger partial charge < -0.3 is 14.7 Å². The highest BCUT2D eigenvalue weighted by Gasteiger charge is 2.38. The fourth-order valence-electron chi connectivity index (χ4n) is 3.58. The van der Waals surface area contributed by atoms with Crippen LogP contribution < -0.4 is 0 Å². The molecular formula is C15H27NO3. The van der Waals surface area contributed by atoms with E-state index in [0.717, 1.165) is 38.6 Å². The van der Waals surface area contributed by atoms with Crippen molar-refractivity contribution in [2.45, 2.75) is 64.0 Å². The number of amides is 1. The second kappa shape index (κ2) is 7.25. The molecule has 1 heterocycles. The van der Waals surface area contributed by atoms with Gasteiger partial charge in [0.25, 0.3) is 0 Å². The van der Waals surface area contributed by atoms with Crippen molar-refractivity contribution in [1.29, 1.82) is 0 Å². The van der Waals surface area contributed by atoms with Gasteiger partial charge in [0.05, 0.1) is 19.1 Å². The number of hydrogen-bond acceptors (Lipinski definition) is 3. The fourth-order valence-corrected chi connectivity index (χ4v) is 3.58. The van der Waals surface area contributed by atoms with Gasteiger partial charge in [-0.2, -0.15) is 0 Å². The summed E-state index contributed by atoms with van der Waals surface area (Å²) in [4.78, 5) is 14.3. The standard InChI is InChI=1S/C15H27NO3/c1-2-19-11-9-15(18)16-10-4-3-7-13(16)12-6-5-8-14(12)17/h12-14,17H,2-11H2,1H3. The number of hydrogen-bond donors (Lipinski definition) is 1. The largest absolute Gasteiger partial charge is 0.393 e. The van der Waals surface area contributed by atoms with E-state index in [1.54, 1.807) is 0 Å². The van der Waals surface area contributed by atoms with Crippen LogP contribution in [0.3, 0.4) is 0 Å². The van der Waals surface area contributed by atoms with Gasteiger partial charge in [0.2, 0.25) is 5.91 Å². The molecule has 1 aliphatic heterocycles. The van der Waals surface area contributed by atoms with Gasteiger partial charge >= 0.3 is 0 Å². The third kappa shape index (κ3) is 3.69. The minimum absolute atomic E-state index is 0.203. The molecule has 0 aromatic rings. The molecule has 0 radical (unpaired) electrons. The van der Waals surface area contributed by atoms with Crippen LogP contribution in [-0.4, -0.2) is 47.8 Å². The summed E-state index contributed by atoms with van der Waals surface area (Å²) in [6.07, 6.45) is 6.69. The molecule has 0 spiro atoms. The van der Waals surface area contributed by atoms with E-state index in [1.807, 2.05) is 11.8 Å². The van der Waals surface area contributed by atoms with Crippen molar-refractivity contribution >= 4 is 5.91 Å². The van der Waals surface area contributed by atoms with E-state index in [-0.39, 0.29) is 18.1 Å². The molecule has 1 saturated heterocycles. The van der Waals surface area contributed by atoms with Crippen LogP contribution in [0.5, 0.6) is 0 Å². The van der Waals surface area contributed by atoms with Gasteiger partial charge in [-0.3, -0.25) is 4.79 Å². The summed E-state index contributed by atoms with van der Waals surface area (Å²) in [5.74, 6) is 0.508. The molecule has 0 aromatic carbocycles. The van der Waals surface area contributed by atoms with E-state index < -0.39 is 0 Å². The monoisotopic (exact) mass is 269 g/mol. The van der Waals surface area contributed by atoms with Crippen LogP contribution in [0.2, 0.25) is 0 Å². The van der Waals surface area contributed by atoms with Crippen LogP contribution in [0.4, 0.5) is 0 Å². The van der Waals surface area contributed by atoms with Crippen molar-refractivity contribution in [2.75, 3.05) is 19.8 Å². The molecule has 2 rings (SSSR count). The second-order valence-corrected chi connectivity index (χ2v) is 5.76. The average Bonchev–Trinajstić information content (AvgIpc) is 2.85. The summed E-state index contributed by atoms with van der Waals surface area (Å²) in [6.45, 7) is 3.99. The predicted molar refractivity (Wildman–Crippen MR) is 73.8 cm³/mol. The number of carbonyl (C=O) groups excluding carboxylic acids is 1. The summed E-state index contributed by atoms with van der Waals surface area (Å²) >= 11 is 0. The summed E-state index contributed by atoms with van der Waals surface area (Å²) < 4.78 is 5.28. The molecule has 3 unspecified atom stereocenters. The first-order chi connectivity index (χ1) is 9.24. The van der Waals surface area contributed by atoms with E-state index in [0.29, 0.717) is 25.6 Å². The van der Waals surface area contributed by atoms with Crippen molar-refractivity contribution in [3.8, 4) is 0 Å². The number of aliphatic hydroxyl groups is 1. The summed E-state index contributed by atoms with van der Waals surface area (Å²) in [5, 5.41) is 10.1. The minimum atomic E-state index is -0.203. The van der Waals surface area contributed by atoms with E-state index in [9.17, 15) is 9.90 Å². The van der Waals surface area contributed by atoms with Crippen LogP contribution in [0, 0.1) is 5.92 Å². The van der Waals surface area contributed by atoms with Crippen LogP contribution in [0.1, 0.15) is 51.9 Å². The zero-order valence-electron chi connectivity index (χ0n) is 12.0. The molecule has 0 bridgehead atoms. The summed E-state index contributed by atoms with van der Waals surface area (Å²) in [6, 6.07) is 0.264. The molecular weight excluding hydrogens is 242 g/mol. The van der Waals surface area contributed by atoms with E-state index in [4.69, 9.17) is 4.74 Å². The Morgan fingerprint density at radius 1 is 1.26 bits per heavy atom. The first-order valence-corrected chi connectivity index (χ1v) is 7.79. The van der Waals surface area contributed by atoms with Gasteiger partial charge in [0, 0.05) is 25.1 Å². The number of ether oxygens (including phenoxy) is 1. The first kappa shape index (κ1) is 14.8. The molecule has 1 aliphatic carbocycles. The highest BCUT2D eigenvalue weighted by molar-refractivity contribution is 5.76. The molecule has 1 amide bonds. The first-order valence-electron chi connectivity index (χ1n) is 7.79. The summed E-state index contributed by atoms with van der Waals surface area (Å²) in [5.41, 5.74) is 0. The Morgan fingerprint density at radius 3 is 2.79 bits per heavy atom. The van der Waals surface area contributed by atoms with Crippen LogP contribution in [0.15, 0.2) is 0 Å². The van der Waals surface area contributed by atoms with Crippen LogP contribution in [0.25, 0.3) is 0 Å². The number of rotatable bonds is 5. The zero-order valence-corrected chi connectivity index (χ0v) is 12.0. The number of nitrogens with zero attached hydrogens (tertiary/aromatic N) is 1. The lowest BCUT2D eigenvalue weighted by atomic mass is 9.87. The third-order valence-electron chi connectivity index (χ3n) is 4.56. The topological polar surface area (TPSA) is 49.8 Å². The number of likely N-dealkylation sites (tertiary alicyclic amines) is 1. The maximum absolute atomic E-state index is 12.3. The molecule has 4 nitrogen and oxygen atoms in total. The number of piperidine rings is 1. The third-order valence-corrected chi connectivity index (χ3v) is 4.56. The number of aliphatic hydroxyl groups excluding tert-OH is 1. The van der Waals surface area contributed by atoms with Gasteiger partial charge in [-0.1, -0.05) is 6.42 Å². The molecule has 110 valence electrons. The smallest absolute Gasteiger partial charge is 0.225 e. The van der Waals surface area contributed by atoms with Crippen LogP contribution in [-0.2, 0) is 9.53 Å². The molecule has 2 fully saturated rings. The molecule has 3 atom stereocenters. The van der Waals surface area contributed by atoms with Gasteiger partial charge in [-0.15, -0.1) is 0 Å². The molecule has 2 aliphatic rings. The van der Waals surface area contributed by atoms with Crippen molar-refractivity contribution < 1.29 is 14.6 Å². The number of carbonyl (C=O) groups is 1. The van der Waals surface area contributed by atoms with Gasteiger partial charge in [0.1, 0.15) is 0 Å². The van der Waals surface area contributed by atoms with Gasteiger partial charge in [-0.25, -0.2) is 0 Å². The normalized spacial score (nSPS) is 31.7. The van der Waals surface area contributed by atoms with Crippen molar-refractivity contribution in [3.63, 3.8) is 0 Å². The highest BCUT2D eigenvalue weighted by atomic mass is 16.5. The van der Waals surface area contributed by atoms with E-state index in [1.165, 1.54) is 6.42 Å². The van der Waals surface area contributed by atoms with Crippen LogP contribution >= 0.6 is 0 Å². The molecule has 0 aromatic heterocycles. The van der Waals surface area contributed by atoms with E-state index in [2.05, 4.69) is 0 Å². The van der Waals surface area contributed by atoms with Gasteiger partial charge in [0.15, 0.2) is 0 Å². The lowest BCUT2D eigenvalue weighted by molar-refractivity contribution is -0.138. The average molecular weight is 269 g/mol. The quantitative estimate of drug-likeness (QED) is 0.776. The highest BCUT2D eigenvalue weighted by Crippen LogP contribution is 2.35. The lowest BCUT2D eigenvalue weighted by Crippen LogP contribution is -2.49.